The van der Waals surface area contributed by atoms with Crippen LogP contribution in [0.2, 0.25) is 0 Å². The van der Waals surface area contributed by atoms with Crippen LogP contribution in [-0.4, -0.2) is 30.9 Å². The van der Waals surface area contributed by atoms with Crippen molar-refractivity contribution in [3.63, 3.8) is 0 Å². The highest BCUT2D eigenvalue weighted by atomic mass is 79.9. The van der Waals surface area contributed by atoms with Crippen LogP contribution in [0.25, 0.3) is 0 Å². The molecule has 0 radical (unpaired) electrons. The fourth-order valence-electron chi connectivity index (χ4n) is 2.62. The van der Waals surface area contributed by atoms with Crippen molar-refractivity contribution in [2.45, 2.75) is 25.4 Å². The molecule has 1 aromatic carbocycles. The molecular weight excluding hydrogens is 329 g/mol. The maximum absolute atomic E-state index is 13.7. The fourth-order valence-corrected chi connectivity index (χ4v) is 2.97. The average Bonchev–Trinajstić information content (AvgIpc) is 2.66. The number of Topliss-reactive ketones (excluding diaryl/α,β-unsaturated/α-hetero) is 1. The lowest BCUT2D eigenvalue weighted by molar-refractivity contribution is -0.114. The first kappa shape index (κ1) is 13.7. The van der Waals surface area contributed by atoms with Gasteiger partial charge in [0, 0.05) is 6.61 Å². The Bertz CT molecular complexity index is 584. The lowest BCUT2D eigenvalue weighted by atomic mass is 10.1. The molecule has 0 aliphatic carbocycles. The van der Waals surface area contributed by atoms with Crippen molar-refractivity contribution >= 4 is 33.3 Å². The van der Waals surface area contributed by atoms with Crippen molar-refractivity contribution in [2.24, 2.45) is 0 Å². The Morgan fingerprint density at radius 3 is 2.85 bits per heavy atom. The number of rotatable bonds is 2. The summed E-state index contributed by atoms with van der Waals surface area (Å²) in [6.45, 7) is 0.973. The SMILES string of the molecule is O=C1C(=O)N(CC2CCCCO2)c2cc(F)c(Br)cc21. The summed E-state index contributed by atoms with van der Waals surface area (Å²) < 4.78 is 19.4. The Balaban J connectivity index is 1.91. The molecule has 20 heavy (non-hydrogen) atoms. The minimum absolute atomic E-state index is 0.0850. The Hall–Kier alpha value is -1.27. The van der Waals surface area contributed by atoms with Crippen LogP contribution in [0.15, 0.2) is 16.6 Å². The monoisotopic (exact) mass is 341 g/mol. The van der Waals surface area contributed by atoms with Gasteiger partial charge in [0.2, 0.25) is 0 Å². The minimum atomic E-state index is -0.605. The summed E-state index contributed by atoms with van der Waals surface area (Å²) in [6, 6.07) is 2.59. The fraction of sp³-hybridized carbons (Fsp3) is 0.429. The minimum Gasteiger partial charge on any atom is -0.376 e. The maximum Gasteiger partial charge on any atom is 0.299 e. The van der Waals surface area contributed by atoms with Gasteiger partial charge in [-0.15, -0.1) is 0 Å². The zero-order valence-electron chi connectivity index (χ0n) is 10.7. The summed E-state index contributed by atoms with van der Waals surface area (Å²) >= 11 is 3.03. The third-order valence-electron chi connectivity index (χ3n) is 3.67. The molecular formula is C14H13BrFNO3. The molecule has 0 N–H and O–H groups in total. The average molecular weight is 342 g/mol. The van der Waals surface area contributed by atoms with E-state index in [1.165, 1.54) is 17.0 Å². The predicted octanol–water partition coefficient (Wildman–Crippen LogP) is 2.69. The number of halogens is 2. The van der Waals surface area contributed by atoms with E-state index in [4.69, 9.17) is 4.74 Å². The Morgan fingerprint density at radius 1 is 1.35 bits per heavy atom. The van der Waals surface area contributed by atoms with Gasteiger partial charge in [-0.25, -0.2) is 4.39 Å². The number of nitrogens with zero attached hydrogens (tertiary/aromatic N) is 1. The number of ether oxygens (including phenoxy) is 1. The molecule has 2 aliphatic rings. The van der Waals surface area contributed by atoms with Crippen molar-refractivity contribution in [2.75, 3.05) is 18.1 Å². The van der Waals surface area contributed by atoms with Gasteiger partial charge in [-0.3, -0.25) is 9.59 Å². The summed E-state index contributed by atoms with van der Waals surface area (Å²) in [4.78, 5) is 25.3. The van der Waals surface area contributed by atoms with Gasteiger partial charge in [-0.1, -0.05) is 0 Å². The first-order valence-corrected chi connectivity index (χ1v) is 7.34. The number of amides is 1. The van der Waals surface area contributed by atoms with Gasteiger partial charge in [0.25, 0.3) is 11.7 Å². The smallest absolute Gasteiger partial charge is 0.299 e. The molecule has 0 bridgehead atoms. The first-order chi connectivity index (χ1) is 9.58. The molecule has 1 unspecified atom stereocenters. The Labute approximate surface area is 124 Å². The van der Waals surface area contributed by atoms with E-state index in [2.05, 4.69) is 15.9 Å². The van der Waals surface area contributed by atoms with Crippen molar-refractivity contribution in [3.05, 3.63) is 28.0 Å². The number of carbonyl (C=O) groups is 2. The normalized spacial score (nSPS) is 22.3. The predicted molar refractivity (Wildman–Crippen MR) is 74.4 cm³/mol. The van der Waals surface area contributed by atoms with Gasteiger partial charge in [0.1, 0.15) is 5.82 Å². The third kappa shape index (κ3) is 2.27. The summed E-state index contributed by atoms with van der Waals surface area (Å²) in [7, 11) is 0. The zero-order chi connectivity index (χ0) is 14.3. The first-order valence-electron chi connectivity index (χ1n) is 6.55. The largest absolute Gasteiger partial charge is 0.376 e. The third-order valence-corrected chi connectivity index (χ3v) is 4.28. The molecule has 3 rings (SSSR count). The number of benzene rings is 1. The van der Waals surface area contributed by atoms with Crippen molar-refractivity contribution in [3.8, 4) is 0 Å². The number of carbonyl (C=O) groups excluding carboxylic acids is 2. The van der Waals surface area contributed by atoms with Gasteiger partial charge >= 0.3 is 0 Å². The second kappa shape index (κ2) is 5.26. The lowest BCUT2D eigenvalue weighted by Gasteiger charge is -2.27. The Morgan fingerprint density at radius 2 is 2.15 bits per heavy atom. The molecule has 1 saturated heterocycles. The highest BCUT2D eigenvalue weighted by molar-refractivity contribution is 9.10. The van der Waals surface area contributed by atoms with Gasteiger partial charge in [-0.2, -0.15) is 0 Å². The molecule has 1 amide bonds. The molecule has 1 atom stereocenters. The van der Waals surface area contributed by atoms with Crippen LogP contribution in [0.4, 0.5) is 10.1 Å². The van der Waals surface area contributed by atoms with Crippen LogP contribution in [0.5, 0.6) is 0 Å². The number of hydrogen-bond donors (Lipinski definition) is 0. The second-order valence-electron chi connectivity index (χ2n) is 5.02. The van der Waals surface area contributed by atoms with Crippen LogP contribution in [0, 0.1) is 5.82 Å². The lowest BCUT2D eigenvalue weighted by Crippen LogP contribution is -2.39. The van der Waals surface area contributed by atoms with E-state index in [0.717, 1.165) is 19.3 Å². The van der Waals surface area contributed by atoms with Crippen molar-refractivity contribution in [1.82, 2.24) is 0 Å². The van der Waals surface area contributed by atoms with Crippen LogP contribution in [0.3, 0.4) is 0 Å². The highest BCUT2D eigenvalue weighted by Crippen LogP contribution is 2.34. The van der Waals surface area contributed by atoms with Crippen molar-refractivity contribution in [1.29, 1.82) is 0 Å². The zero-order valence-corrected chi connectivity index (χ0v) is 12.3. The van der Waals surface area contributed by atoms with Crippen molar-refractivity contribution < 1.29 is 18.7 Å². The van der Waals surface area contributed by atoms with E-state index >= 15 is 0 Å². The summed E-state index contributed by atoms with van der Waals surface area (Å²) in [6.07, 6.45) is 2.83. The number of anilines is 1. The van der Waals surface area contributed by atoms with E-state index in [0.29, 0.717) is 18.8 Å². The molecule has 0 saturated carbocycles. The molecule has 4 nitrogen and oxygen atoms in total. The van der Waals surface area contributed by atoms with E-state index < -0.39 is 17.5 Å². The Kier molecular flexibility index (Phi) is 3.60. The highest BCUT2D eigenvalue weighted by Gasteiger charge is 2.38. The van der Waals surface area contributed by atoms with Gasteiger partial charge in [0.15, 0.2) is 0 Å². The molecule has 0 aromatic heterocycles. The molecule has 2 aliphatic heterocycles. The van der Waals surface area contributed by atoms with Gasteiger partial charge < -0.3 is 9.64 Å². The number of fused-ring (bicyclic) bond motifs is 1. The van der Waals surface area contributed by atoms with Crippen LogP contribution < -0.4 is 4.90 Å². The van der Waals surface area contributed by atoms with Crippen LogP contribution in [0.1, 0.15) is 29.6 Å². The molecule has 2 heterocycles. The van der Waals surface area contributed by atoms with Gasteiger partial charge in [-0.05, 0) is 47.3 Å². The second-order valence-corrected chi connectivity index (χ2v) is 5.87. The molecule has 1 fully saturated rings. The number of ketones is 1. The van der Waals surface area contributed by atoms with E-state index in [9.17, 15) is 14.0 Å². The quantitative estimate of drug-likeness (QED) is 0.777. The molecule has 6 heteroatoms. The summed E-state index contributed by atoms with van der Waals surface area (Å²) in [5.41, 5.74) is 0.592. The van der Waals surface area contributed by atoms with Gasteiger partial charge in [0.05, 0.1) is 28.4 Å². The van der Waals surface area contributed by atoms with Crippen LogP contribution in [-0.2, 0) is 9.53 Å². The van der Waals surface area contributed by atoms with E-state index in [1.807, 2.05) is 0 Å². The van der Waals surface area contributed by atoms with E-state index in [1.54, 1.807) is 0 Å². The molecule has 0 spiro atoms. The summed E-state index contributed by atoms with van der Waals surface area (Å²) in [5.74, 6) is -1.68. The maximum atomic E-state index is 13.7. The molecule has 1 aromatic rings. The number of hydrogen-bond acceptors (Lipinski definition) is 3. The van der Waals surface area contributed by atoms with E-state index in [-0.39, 0.29) is 16.1 Å². The summed E-state index contributed by atoms with van der Waals surface area (Å²) in [5, 5.41) is 0. The molecule has 106 valence electrons. The standard InChI is InChI=1S/C14H13BrFNO3/c15-10-5-9-12(6-11(10)16)17(14(19)13(9)18)7-8-3-1-2-4-20-8/h5-6,8H,1-4,7H2. The topological polar surface area (TPSA) is 46.6 Å². The van der Waals surface area contributed by atoms with Crippen LogP contribution >= 0.6 is 15.9 Å².